The first-order valence-electron chi connectivity index (χ1n) is 6.47. The van der Waals surface area contributed by atoms with E-state index >= 15 is 0 Å². The fraction of sp³-hybridized carbons (Fsp3) is 0.400. The van der Waals surface area contributed by atoms with Crippen molar-refractivity contribution in [3.05, 3.63) is 51.8 Å². The quantitative estimate of drug-likeness (QED) is 0.926. The van der Waals surface area contributed by atoms with Gasteiger partial charge in [0.05, 0.1) is 5.69 Å². The van der Waals surface area contributed by atoms with Gasteiger partial charge in [-0.15, -0.1) is 0 Å². The standard InChI is InChI=1S/C15H20ClN3/c1-10-7-5-6-8-13(10)11(2)17-9-14-12(3)18-19(4)15(14)16/h5-8,11,17H,9H2,1-4H3/t11-/m0/s1. The van der Waals surface area contributed by atoms with Gasteiger partial charge in [0.25, 0.3) is 0 Å². The minimum Gasteiger partial charge on any atom is -0.306 e. The van der Waals surface area contributed by atoms with Crippen LogP contribution in [0, 0.1) is 13.8 Å². The van der Waals surface area contributed by atoms with Crippen LogP contribution in [0.4, 0.5) is 0 Å². The Balaban J connectivity index is 2.09. The molecule has 0 aliphatic carbocycles. The lowest BCUT2D eigenvalue weighted by atomic mass is 10.0. The van der Waals surface area contributed by atoms with Gasteiger partial charge in [-0.25, -0.2) is 0 Å². The molecule has 0 saturated carbocycles. The van der Waals surface area contributed by atoms with E-state index in [4.69, 9.17) is 11.6 Å². The summed E-state index contributed by atoms with van der Waals surface area (Å²) in [5.74, 6) is 0. The van der Waals surface area contributed by atoms with Gasteiger partial charge in [-0.1, -0.05) is 35.9 Å². The molecule has 1 heterocycles. The third-order valence-corrected chi connectivity index (χ3v) is 3.98. The summed E-state index contributed by atoms with van der Waals surface area (Å²) in [6.07, 6.45) is 0. The predicted octanol–water partition coefficient (Wildman–Crippen LogP) is 3.54. The summed E-state index contributed by atoms with van der Waals surface area (Å²) < 4.78 is 1.71. The van der Waals surface area contributed by atoms with Crippen molar-refractivity contribution in [3.8, 4) is 0 Å². The zero-order valence-corrected chi connectivity index (χ0v) is 12.6. The largest absolute Gasteiger partial charge is 0.306 e. The molecule has 19 heavy (non-hydrogen) atoms. The third kappa shape index (κ3) is 2.99. The maximum atomic E-state index is 6.24. The minimum atomic E-state index is 0.289. The summed E-state index contributed by atoms with van der Waals surface area (Å²) in [5, 5.41) is 8.55. The van der Waals surface area contributed by atoms with Gasteiger partial charge in [-0.05, 0) is 31.9 Å². The molecule has 0 aliphatic heterocycles. The molecule has 1 atom stereocenters. The highest BCUT2D eigenvalue weighted by molar-refractivity contribution is 6.30. The van der Waals surface area contributed by atoms with Crippen LogP contribution in [0.2, 0.25) is 5.15 Å². The van der Waals surface area contributed by atoms with E-state index in [-0.39, 0.29) is 6.04 Å². The summed E-state index contributed by atoms with van der Waals surface area (Å²) in [7, 11) is 1.86. The van der Waals surface area contributed by atoms with E-state index in [2.05, 4.69) is 48.5 Å². The molecule has 0 fully saturated rings. The fourth-order valence-electron chi connectivity index (χ4n) is 2.31. The SMILES string of the molecule is Cc1ccccc1[C@H](C)NCc1c(C)nn(C)c1Cl. The number of halogens is 1. The minimum absolute atomic E-state index is 0.289. The van der Waals surface area contributed by atoms with E-state index in [0.29, 0.717) is 5.15 Å². The second-order valence-electron chi connectivity index (χ2n) is 4.94. The van der Waals surface area contributed by atoms with Gasteiger partial charge in [-0.3, -0.25) is 4.68 Å². The lowest BCUT2D eigenvalue weighted by molar-refractivity contribution is 0.571. The Kier molecular flexibility index (Phi) is 4.27. The van der Waals surface area contributed by atoms with Crippen molar-refractivity contribution in [2.45, 2.75) is 33.4 Å². The average Bonchev–Trinajstić information content (AvgIpc) is 2.61. The Morgan fingerprint density at radius 2 is 2.00 bits per heavy atom. The van der Waals surface area contributed by atoms with Crippen molar-refractivity contribution < 1.29 is 0 Å². The molecule has 4 heteroatoms. The highest BCUT2D eigenvalue weighted by Crippen LogP contribution is 2.21. The van der Waals surface area contributed by atoms with Crippen LogP contribution in [0.5, 0.6) is 0 Å². The van der Waals surface area contributed by atoms with Crippen molar-refractivity contribution >= 4 is 11.6 Å². The molecule has 0 spiro atoms. The van der Waals surface area contributed by atoms with Crippen molar-refractivity contribution in [2.24, 2.45) is 7.05 Å². The average molecular weight is 278 g/mol. The summed E-state index contributed by atoms with van der Waals surface area (Å²) in [6, 6.07) is 8.72. The van der Waals surface area contributed by atoms with Crippen molar-refractivity contribution in [3.63, 3.8) is 0 Å². The Bertz CT molecular complexity index is 575. The van der Waals surface area contributed by atoms with Crippen LogP contribution in [-0.2, 0) is 13.6 Å². The zero-order chi connectivity index (χ0) is 14.0. The maximum Gasteiger partial charge on any atom is 0.131 e. The first kappa shape index (κ1) is 14.1. The number of aryl methyl sites for hydroxylation is 3. The third-order valence-electron chi connectivity index (χ3n) is 3.51. The number of hydrogen-bond acceptors (Lipinski definition) is 2. The topological polar surface area (TPSA) is 29.9 Å². The zero-order valence-electron chi connectivity index (χ0n) is 11.9. The van der Waals surface area contributed by atoms with Crippen LogP contribution in [0.15, 0.2) is 24.3 Å². The van der Waals surface area contributed by atoms with Gasteiger partial charge in [0.15, 0.2) is 0 Å². The van der Waals surface area contributed by atoms with Crippen LogP contribution in [-0.4, -0.2) is 9.78 Å². The molecule has 0 bridgehead atoms. The lowest BCUT2D eigenvalue weighted by Crippen LogP contribution is -2.19. The second kappa shape index (κ2) is 5.76. The number of aromatic nitrogens is 2. The molecule has 0 unspecified atom stereocenters. The predicted molar refractivity (Wildman–Crippen MR) is 79.4 cm³/mol. The van der Waals surface area contributed by atoms with E-state index < -0.39 is 0 Å². The molecule has 102 valence electrons. The normalized spacial score (nSPS) is 12.7. The van der Waals surface area contributed by atoms with Crippen LogP contribution >= 0.6 is 11.6 Å². The van der Waals surface area contributed by atoms with E-state index in [1.807, 2.05) is 14.0 Å². The molecule has 1 N–H and O–H groups in total. The number of nitrogens with one attached hydrogen (secondary N) is 1. The van der Waals surface area contributed by atoms with Gasteiger partial charge in [0.2, 0.25) is 0 Å². The lowest BCUT2D eigenvalue weighted by Gasteiger charge is -2.16. The van der Waals surface area contributed by atoms with Crippen molar-refractivity contribution in [1.29, 1.82) is 0 Å². The molecule has 0 saturated heterocycles. The van der Waals surface area contributed by atoms with Crippen LogP contribution in [0.25, 0.3) is 0 Å². The molecule has 0 aliphatic rings. The number of nitrogens with zero attached hydrogens (tertiary/aromatic N) is 2. The molecule has 3 nitrogen and oxygen atoms in total. The molecule has 1 aromatic carbocycles. The van der Waals surface area contributed by atoms with E-state index in [9.17, 15) is 0 Å². The fourth-order valence-corrected chi connectivity index (χ4v) is 2.55. The summed E-state index contributed by atoms with van der Waals surface area (Å²) in [6.45, 7) is 7.02. The maximum absolute atomic E-state index is 6.24. The summed E-state index contributed by atoms with van der Waals surface area (Å²) in [4.78, 5) is 0. The number of hydrogen-bond donors (Lipinski definition) is 1. The molecule has 0 amide bonds. The summed E-state index contributed by atoms with van der Waals surface area (Å²) in [5.41, 5.74) is 4.68. The Labute approximate surface area is 119 Å². The van der Waals surface area contributed by atoms with Gasteiger partial charge >= 0.3 is 0 Å². The van der Waals surface area contributed by atoms with Crippen LogP contribution < -0.4 is 5.32 Å². The Hall–Kier alpha value is -1.32. The van der Waals surface area contributed by atoms with E-state index in [1.54, 1.807) is 4.68 Å². The molecule has 2 aromatic rings. The monoisotopic (exact) mass is 277 g/mol. The molecule has 0 radical (unpaired) electrons. The van der Waals surface area contributed by atoms with Gasteiger partial charge in [-0.2, -0.15) is 5.10 Å². The van der Waals surface area contributed by atoms with Gasteiger partial charge in [0, 0.05) is 25.2 Å². The van der Waals surface area contributed by atoms with Crippen molar-refractivity contribution in [2.75, 3.05) is 0 Å². The Morgan fingerprint density at radius 3 is 2.58 bits per heavy atom. The first-order valence-corrected chi connectivity index (χ1v) is 6.85. The smallest absolute Gasteiger partial charge is 0.131 e. The second-order valence-corrected chi connectivity index (χ2v) is 5.30. The molecular formula is C15H20ClN3. The first-order chi connectivity index (χ1) is 9.00. The van der Waals surface area contributed by atoms with E-state index in [1.165, 1.54) is 11.1 Å². The highest BCUT2D eigenvalue weighted by Gasteiger charge is 2.13. The molecule has 2 rings (SSSR count). The van der Waals surface area contributed by atoms with Gasteiger partial charge in [0.1, 0.15) is 5.15 Å². The summed E-state index contributed by atoms with van der Waals surface area (Å²) >= 11 is 6.24. The van der Waals surface area contributed by atoms with Crippen LogP contribution in [0.3, 0.4) is 0 Å². The van der Waals surface area contributed by atoms with Crippen LogP contribution in [0.1, 0.15) is 35.3 Å². The molecular weight excluding hydrogens is 258 g/mol. The van der Waals surface area contributed by atoms with Crippen molar-refractivity contribution in [1.82, 2.24) is 15.1 Å². The molecule has 1 aromatic heterocycles. The highest BCUT2D eigenvalue weighted by atomic mass is 35.5. The van der Waals surface area contributed by atoms with Gasteiger partial charge < -0.3 is 5.32 Å². The van der Waals surface area contributed by atoms with E-state index in [0.717, 1.165) is 17.8 Å². The Morgan fingerprint density at radius 1 is 1.32 bits per heavy atom. The number of benzene rings is 1. The number of rotatable bonds is 4.